The predicted molar refractivity (Wildman–Crippen MR) is 113 cm³/mol. The molecule has 2 aromatic rings. The third-order valence-electron chi connectivity index (χ3n) is 5.89. The number of amides is 1. The zero-order valence-corrected chi connectivity index (χ0v) is 16.9. The van der Waals surface area contributed by atoms with Gasteiger partial charge < -0.3 is 19.6 Å². The molecule has 2 saturated heterocycles. The largest absolute Gasteiger partial charge is 0.368 e. The van der Waals surface area contributed by atoms with E-state index >= 15 is 0 Å². The van der Waals surface area contributed by atoms with Crippen LogP contribution in [0.25, 0.3) is 0 Å². The maximum absolute atomic E-state index is 13.1. The SMILES string of the molecule is CCN1CCN(C(=O)c2ccnc(N3CCN(c4ccc(F)cc4)CC3)c2)CC1. The molecule has 2 fully saturated rings. The number of piperazine rings is 2. The van der Waals surface area contributed by atoms with E-state index in [4.69, 9.17) is 0 Å². The van der Waals surface area contributed by atoms with Crippen LogP contribution in [0.5, 0.6) is 0 Å². The Morgan fingerprint density at radius 1 is 0.931 bits per heavy atom. The highest BCUT2D eigenvalue weighted by Crippen LogP contribution is 2.21. The second-order valence-electron chi connectivity index (χ2n) is 7.58. The average Bonchev–Trinajstić information content (AvgIpc) is 2.79. The van der Waals surface area contributed by atoms with Gasteiger partial charge in [0.1, 0.15) is 11.6 Å². The van der Waals surface area contributed by atoms with Gasteiger partial charge in [-0.2, -0.15) is 0 Å². The van der Waals surface area contributed by atoms with E-state index in [0.717, 1.165) is 70.4 Å². The van der Waals surface area contributed by atoms with Crippen LogP contribution in [0.4, 0.5) is 15.9 Å². The normalized spacial score (nSPS) is 18.2. The van der Waals surface area contributed by atoms with Crippen LogP contribution in [0.15, 0.2) is 42.6 Å². The second kappa shape index (κ2) is 8.78. The number of carbonyl (C=O) groups excluding carboxylic acids is 1. The maximum atomic E-state index is 13.1. The van der Waals surface area contributed by atoms with Crippen molar-refractivity contribution in [1.82, 2.24) is 14.8 Å². The lowest BCUT2D eigenvalue weighted by Crippen LogP contribution is -2.48. The van der Waals surface area contributed by atoms with Crippen LogP contribution >= 0.6 is 0 Å². The van der Waals surface area contributed by atoms with Crippen LogP contribution < -0.4 is 9.80 Å². The van der Waals surface area contributed by atoms with Crippen molar-refractivity contribution in [2.24, 2.45) is 0 Å². The molecule has 3 heterocycles. The van der Waals surface area contributed by atoms with Crippen LogP contribution in [0, 0.1) is 5.82 Å². The molecule has 4 rings (SSSR count). The van der Waals surface area contributed by atoms with Gasteiger partial charge in [-0.15, -0.1) is 0 Å². The summed E-state index contributed by atoms with van der Waals surface area (Å²) in [6.45, 7) is 9.93. The first-order chi connectivity index (χ1) is 14.1. The molecule has 6 nitrogen and oxygen atoms in total. The lowest BCUT2D eigenvalue weighted by atomic mass is 10.2. The number of carbonyl (C=O) groups is 1. The molecule has 0 spiro atoms. The second-order valence-corrected chi connectivity index (χ2v) is 7.58. The fourth-order valence-electron chi connectivity index (χ4n) is 4.02. The minimum absolute atomic E-state index is 0.0920. The monoisotopic (exact) mass is 397 g/mol. The first-order valence-corrected chi connectivity index (χ1v) is 10.4. The van der Waals surface area contributed by atoms with Crippen LogP contribution in [0.1, 0.15) is 17.3 Å². The average molecular weight is 397 g/mol. The Kier molecular flexibility index (Phi) is 5.94. The topological polar surface area (TPSA) is 42.9 Å². The van der Waals surface area contributed by atoms with Gasteiger partial charge in [0.25, 0.3) is 5.91 Å². The van der Waals surface area contributed by atoms with Crippen LogP contribution in [0.3, 0.4) is 0 Å². The first kappa shape index (κ1) is 19.6. The Balaban J connectivity index is 1.38. The first-order valence-electron chi connectivity index (χ1n) is 10.4. The number of hydrogen-bond donors (Lipinski definition) is 0. The lowest BCUT2D eigenvalue weighted by Gasteiger charge is -2.37. The molecule has 0 aliphatic carbocycles. The number of rotatable bonds is 4. The molecule has 0 unspecified atom stereocenters. The van der Waals surface area contributed by atoms with Gasteiger partial charge in [0.05, 0.1) is 0 Å². The molecular weight excluding hydrogens is 369 g/mol. The van der Waals surface area contributed by atoms with E-state index in [1.54, 1.807) is 6.20 Å². The van der Waals surface area contributed by atoms with Crippen molar-refractivity contribution in [3.63, 3.8) is 0 Å². The maximum Gasteiger partial charge on any atom is 0.254 e. The highest BCUT2D eigenvalue weighted by molar-refractivity contribution is 5.95. The standard InChI is InChI=1S/C22H28FN5O/c1-2-25-9-11-28(12-10-25)22(29)18-7-8-24-21(17-18)27-15-13-26(14-16-27)20-5-3-19(23)4-6-20/h3-8,17H,2,9-16H2,1H3. The van der Waals surface area contributed by atoms with E-state index in [1.807, 2.05) is 29.2 Å². The van der Waals surface area contributed by atoms with E-state index in [0.29, 0.717) is 5.56 Å². The van der Waals surface area contributed by atoms with Crippen molar-refractivity contribution in [1.29, 1.82) is 0 Å². The van der Waals surface area contributed by atoms with Gasteiger partial charge in [-0.05, 0) is 42.9 Å². The number of benzene rings is 1. The van der Waals surface area contributed by atoms with Gasteiger partial charge in [-0.1, -0.05) is 6.92 Å². The summed E-state index contributed by atoms with van der Waals surface area (Å²) in [5.41, 5.74) is 1.75. The van der Waals surface area contributed by atoms with Crippen molar-refractivity contribution in [2.45, 2.75) is 6.92 Å². The van der Waals surface area contributed by atoms with E-state index in [2.05, 4.69) is 26.6 Å². The van der Waals surface area contributed by atoms with Crippen molar-refractivity contribution in [3.8, 4) is 0 Å². The summed E-state index contributed by atoms with van der Waals surface area (Å²) in [6.07, 6.45) is 1.73. The van der Waals surface area contributed by atoms with Crippen LogP contribution in [-0.2, 0) is 0 Å². The molecule has 2 aliphatic heterocycles. The van der Waals surface area contributed by atoms with Gasteiger partial charge in [-0.3, -0.25) is 4.79 Å². The highest BCUT2D eigenvalue weighted by Gasteiger charge is 2.23. The summed E-state index contributed by atoms with van der Waals surface area (Å²) in [6, 6.07) is 10.4. The Morgan fingerprint density at radius 2 is 1.59 bits per heavy atom. The number of hydrogen-bond acceptors (Lipinski definition) is 5. The minimum Gasteiger partial charge on any atom is -0.368 e. The predicted octanol–water partition coefficient (Wildman–Crippen LogP) is 2.33. The number of pyridine rings is 1. The van der Waals surface area contributed by atoms with Gasteiger partial charge in [0, 0.05) is 69.8 Å². The lowest BCUT2D eigenvalue weighted by molar-refractivity contribution is 0.0643. The van der Waals surface area contributed by atoms with Crippen molar-refractivity contribution >= 4 is 17.4 Å². The Morgan fingerprint density at radius 3 is 2.24 bits per heavy atom. The van der Waals surface area contributed by atoms with E-state index in [9.17, 15) is 9.18 Å². The van der Waals surface area contributed by atoms with Crippen LogP contribution in [0.2, 0.25) is 0 Å². The van der Waals surface area contributed by atoms with Crippen LogP contribution in [-0.4, -0.2) is 79.6 Å². The fraction of sp³-hybridized carbons (Fsp3) is 0.455. The summed E-state index contributed by atoms with van der Waals surface area (Å²) < 4.78 is 13.1. The van der Waals surface area contributed by atoms with E-state index in [-0.39, 0.29) is 11.7 Å². The number of halogens is 1. The molecule has 154 valence electrons. The Hall–Kier alpha value is -2.67. The quantitative estimate of drug-likeness (QED) is 0.792. The summed E-state index contributed by atoms with van der Waals surface area (Å²) in [5, 5.41) is 0. The molecule has 7 heteroatoms. The van der Waals surface area contributed by atoms with Crippen molar-refractivity contribution in [3.05, 3.63) is 54.0 Å². The summed E-state index contributed by atoms with van der Waals surface area (Å²) in [7, 11) is 0. The van der Waals surface area contributed by atoms with E-state index < -0.39 is 0 Å². The van der Waals surface area contributed by atoms with Gasteiger partial charge in [-0.25, -0.2) is 9.37 Å². The molecule has 0 bridgehead atoms. The molecule has 0 N–H and O–H groups in total. The van der Waals surface area contributed by atoms with Gasteiger partial charge >= 0.3 is 0 Å². The minimum atomic E-state index is -0.214. The number of aromatic nitrogens is 1. The molecule has 0 atom stereocenters. The zero-order valence-electron chi connectivity index (χ0n) is 16.9. The molecule has 1 amide bonds. The van der Waals surface area contributed by atoms with Crippen molar-refractivity contribution < 1.29 is 9.18 Å². The Bertz CT molecular complexity index is 827. The third kappa shape index (κ3) is 4.50. The summed E-state index contributed by atoms with van der Waals surface area (Å²) >= 11 is 0. The molecular formula is C22H28FN5O. The molecule has 29 heavy (non-hydrogen) atoms. The number of nitrogens with zero attached hydrogens (tertiary/aromatic N) is 5. The van der Waals surface area contributed by atoms with Gasteiger partial charge in [0.2, 0.25) is 0 Å². The van der Waals surface area contributed by atoms with E-state index in [1.165, 1.54) is 12.1 Å². The summed E-state index contributed by atoms with van der Waals surface area (Å²) in [5.74, 6) is 0.727. The number of anilines is 2. The Labute approximate surface area is 171 Å². The molecule has 1 aromatic carbocycles. The molecule has 0 saturated carbocycles. The highest BCUT2D eigenvalue weighted by atomic mass is 19.1. The molecule has 1 aromatic heterocycles. The smallest absolute Gasteiger partial charge is 0.254 e. The fourth-order valence-corrected chi connectivity index (χ4v) is 4.02. The zero-order chi connectivity index (χ0) is 20.2. The van der Waals surface area contributed by atoms with Gasteiger partial charge in [0.15, 0.2) is 0 Å². The molecule has 0 radical (unpaired) electrons. The summed E-state index contributed by atoms with van der Waals surface area (Å²) in [4.78, 5) is 26.2. The van der Waals surface area contributed by atoms with Crippen molar-refractivity contribution in [2.75, 3.05) is 68.7 Å². The number of likely N-dealkylation sites (N-methyl/N-ethyl adjacent to an activating group) is 1. The molecule has 2 aliphatic rings. The third-order valence-corrected chi connectivity index (χ3v) is 5.89.